The Morgan fingerprint density at radius 1 is 1.28 bits per heavy atom. The van der Waals surface area contributed by atoms with E-state index in [9.17, 15) is 14.7 Å². The van der Waals surface area contributed by atoms with Crippen LogP contribution in [0.25, 0.3) is 0 Å². The Hall–Kier alpha value is -2.90. The highest BCUT2D eigenvalue weighted by Gasteiger charge is 2.22. The number of benzene rings is 1. The molecule has 1 aromatic heterocycles. The van der Waals surface area contributed by atoms with Crippen LogP contribution in [0.5, 0.6) is 5.75 Å². The molecule has 1 atom stereocenters. The summed E-state index contributed by atoms with van der Waals surface area (Å²) in [4.78, 5) is 24.2. The van der Waals surface area contributed by atoms with Gasteiger partial charge in [0, 0.05) is 18.7 Å². The summed E-state index contributed by atoms with van der Waals surface area (Å²) in [5, 5.41) is 19.9. The SMILES string of the molecule is COC(=O)C(Cc1ccc(O)cc1)NC(=O)Cc1cn(C(C)C)nn1. The van der Waals surface area contributed by atoms with Crippen LogP contribution in [0.2, 0.25) is 0 Å². The summed E-state index contributed by atoms with van der Waals surface area (Å²) < 4.78 is 6.42. The van der Waals surface area contributed by atoms with Crippen LogP contribution in [-0.4, -0.2) is 45.1 Å². The van der Waals surface area contributed by atoms with Gasteiger partial charge in [-0.05, 0) is 31.5 Å². The Balaban J connectivity index is 2.01. The largest absolute Gasteiger partial charge is 0.508 e. The zero-order valence-corrected chi connectivity index (χ0v) is 14.5. The van der Waals surface area contributed by atoms with Crippen LogP contribution in [0, 0.1) is 0 Å². The van der Waals surface area contributed by atoms with E-state index in [0.717, 1.165) is 5.56 Å². The van der Waals surface area contributed by atoms with Gasteiger partial charge in [-0.15, -0.1) is 5.10 Å². The Morgan fingerprint density at radius 2 is 1.96 bits per heavy atom. The molecule has 0 aliphatic carbocycles. The number of rotatable bonds is 7. The molecule has 0 radical (unpaired) electrons. The molecule has 134 valence electrons. The van der Waals surface area contributed by atoms with Crippen LogP contribution in [0.1, 0.15) is 31.1 Å². The third kappa shape index (κ3) is 5.30. The molecular formula is C17H22N4O4. The quantitative estimate of drug-likeness (QED) is 0.725. The lowest BCUT2D eigenvalue weighted by Crippen LogP contribution is -2.43. The molecule has 1 aromatic carbocycles. The third-order valence-corrected chi connectivity index (χ3v) is 3.63. The molecule has 0 spiro atoms. The number of esters is 1. The van der Waals surface area contributed by atoms with Gasteiger partial charge in [-0.3, -0.25) is 4.79 Å². The summed E-state index contributed by atoms with van der Waals surface area (Å²) in [6.07, 6.45) is 1.99. The second-order valence-corrected chi connectivity index (χ2v) is 5.97. The van der Waals surface area contributed by atoms with E-state index in [0.29, 0.717) is 5.69 Å². The lowest BCUT2D eigenvalue weighted by molar-refractivity contribution is -0.145. The number of carbonyl (C=O) groups excluding carboxylic acids is 2. The Labute approximate surface area is 145 Å². The second kappa shape index (κ2) is 8.27. The number of aromatic hydroxyl groups is 1. The van der Waals surface area contributed by atoms with Gasteiger partial charge in [0.05, 0.1) is 19.2 Å². The van der Waals surface area contributed by atoms with Crippen molar-refractivity contribution in [1.82, 2.24) is 20.3 Å². The Bertz CT molecular complexity index is 725. The standard InChI is InChI=1S/C17H22N4O4/c1-11(2)21-10-13(19-20-21)9-16(23)18-15(17(24)25-3)8-12-4-6-14(22)7-5-12/h4-7,10-11,15,22H,8-9H2,1-3H3,(H,18,23). The lowest BCUT2D eigenvalue weighted by atomic mass is 10.1. The minimum Gasteiger partial charge on any atom is -0.508 e. The highest BCUT2D eigenvalue weighted by Crippen LogP contribution is 2.12. The van der Waals surface area contributed by atoms with Crippen molar-refractivity contribution >= 4 is 11.9 Å². The fourth-order valence-corrected chi connectivity index (χ4v) is 2.26. The second-order valence-electron chi connectivity index (χ2n) is 5.97. The molecule has 8 nitrogen and oxygen atoms in total. The van der Waals surface area contributed by atoms with Gasteiger partial charge in [-0.2, -0.15) is 0 Å². The Morgan fingerprint density at radius 3 is 2.52 bits per heavy atom. The predicted molar refractivity (Wildman–Crippen MR) is 89.9 cm³/mol. The van der Waals surface area contributed by atoms with E-state index in [2.05, 4.69) is 15.6 Å². The number of amides is 1. The van der Waals surface area contributed by atoms with Gasteiger partial charge in [0.15, 0.2) is 0 Å². The van der Waals surface area contributed by atoms with Gasteiger partial charge < -0.3 is 15.2 Å². The summed E-state index contributed by atoms with van der Waals surface area (Å²) in [6, 6.07) is 5.76. The molecule has 1 unspecified atom stereocenters. The van der Waals surface area contributed by atoms with Crippen molar-refractivity contribution in [2.75, 3.05) is 7.11 Å². The zero-order chi connectivity index (χ0) is 18.4. The molecule has 1 amide bonds. The van der Waals surface area contributed by atoms with E-state index in [4.69, 9.17) is 4.74 Å². The van der Waals surface area contributed by atoms with Crippen molar-refractivity contribution in [3.05, 3.63) is 41.7 Å². The minimum absolute atomic E-state index is 0.0236. The first-order valence-electron chi connectivity index (χ1n) is 7.95. The average Bonchev–Trinajstić information content (AvgIpc) is 3.04. The Kier molecular flexibility index (Phi) is 6.10. The predicted octanol–water partition coefficient (Wildman–Crippen LogP) is 1.01. The highest BCUT2D eigenvalue weighted by atomic mass is 16.5. The fraction of sp³-hybridized carbons (Fsp3) is 0.412. The van der Waals surface area contributed by atoms with E-state index in [1.807, 2.05) is 13.8 Å². The first-order valence-corrected chi connectivity index (χ1v) is 7.95. The summed E-state index contributed by atoms with van der Waals surface area (Å²) in [5.41, 5.74) is 1.32. The number of aromatic nitrogens is 3. The lowest BCUT2D eigenvalue weighted by Gasteiger charge is -2.16. The molecule has 0 saturated carbocycles. The molecule has 1 heterocycles. The molecule has 2 rings (SSSR count). The summed E-state index contributed by atoms with van der Waals surface area (Å²) in [5.74, 6) is -0.743. The van der Waals surface area contributed by atoms with Gasteiger partial charge in [0.1, 0.15) is 11.8 Å². The van der Waals surface area contributed by atoms with Crippen molar-refractivity contribution in [2.45, 2.75) is 38.8 Å². The van der Waals surface area contributed by atoms with Crippen molar-refractivity contribution in [3.8, 4) is 5.75 Å². The number of hydrogen-bond acceptors (Lipinski definition) is 6. The molecule has 25 heavy (non-hydrogen) atoms. The smallest absolute Gasteiger partial charge is 0.328 e. The van der Waals surface area contributed by atoms with E-state index >= 15 is 0 Å². The summed E-state index contributed by atoms with van der Waals surface area (Å²) >= 11 is 0. The van der Waals surface area contributed by atoms with E-state index in [1.54, 1.807) is 23.0 Å². The van der Waals surface area contributed by atoms with Crippen LogP contribution in [0.15, 0.2) is 30.5 Å². The van der Waals surface area contributed by atoms with E-state index < -0.39 is 12.0 Å². The van der Waals surface area contributed by atoms with Gasteiger partial charge in [0.2, 0.25) is 5.91 Å². The monoisotopic (exact) mass is 346 g/mol. The number of phenolic OH excluding ortho intramolecular Hbond substituents is 1. The van der Waals surface area contributed by atoms with Crippen molar-refractivity contribution < 1.29 is 19.4 Å². The van der Waals surface area contributed by atoms with E-state index in [-0.39, 0.29) is 30.5 Å². The number of nitrogens with zero attached hydrogens (tertiary/aromatic N) is 3. The average molecular weight is 346 g/mol. The number of nitrogens with one attached hydrogen (secondary N) is 1. The molecule has 0 aliphatic heterocycles. The molecular weight excluding hydrogens is 324 g/mol. The summed E-state index contributed by atoms with van der Waals surface area (Å²) in [7, 11) is 1.27. The zero-order valence-electron chi connectivity index (χ0n) is 14.5. The number of phenols is 1. The van der Waals surface area contributed by atoms with Crippen LogP contribution in [0.4, 0.5) is 0 Å². The molecule has 0 aliphatic rings. The first-order chi connectivity index (χ1) is 11.9. The van der Waals surface area contributed by atoms with Crippen LogP contribution >= 0.6 is 0 Å². The number of carbonyl (C=O) groups is 2. The first kappa shape index (κ1) is 18.4. The van der Waals surface area contributed by atoms with Crippen LogP contribution in [-0.2, 0) is 27.2 Å². The van der Waals surface area contributed by atoms with Gasteiger partial charge in [-0.25, -0.2) is 9.48 Å². The minimum atomic E-state index is -0.817. The summed E-state index contributed by atoms with van der Waals surface area (Å²) in [6.45, 7) is 3.92. The number of methoxy groups -OCH3 is 1. The van der Waals surface area contributed by atoms with Gasteiger partial charge in [0.25, 0.3) is 0 Å². The van der Waals surface area contributed by atoms with Crippen molar-refractivity contribution in [3.63, 3.8) is 0 Å². The third-order valence-electron chi connectivity index (χ3n) is 3.63. The number of ether oxygens (including phenoxy) is 1. The molecule has 2 aromatic rings. The van der Waals surface area contributed by atoms with Crippen LogP contribution in [0.3, 0.4) is 0 Å². The fourth-order valence-electron chi connectivity index (χ4n) is 2.26. The molecule has 0 fully saturated rings. The maximum atomic E-state index is 12.2. The maximum absolute atomic E-state index is 12.2. The molecule has 0 bridgehead atoms. The molecule has 0 saturated heterocycles. The number of hydrogen-bond donors (Lipinski definition) is 2. The van der Waals surface area contributed by atoms with Crippen LogP contribution < -0.4 is 5.32 Å². The van der Waals surface area contributed by atoms with Gasteiger partial charge >= 0.3 is 5.97 Å². The van der Waals surface area contributed by atoms with Gasteiger partial charge in [-0.1, -0.05) is 17.3 Å². The maximum Gasteiger partial charge on any atom is 0.328 e. The van der Waals surface area contributed by atoms with Crippen molar-refractivity contribution in [2.24, 2.45) is 0 Å². The molecule has 8 heteroatoms. The highest BCUT2D eigenvalue weighted by molar-refractivity contribution is 5.85. The normalized spacial score (nSPS) is 12.0. The van der Waals surface area contributed by atoms with Crippen molar-refractivity contribution in [1.29, 1.82) is 0 Å². The van der Waals surface area contributed by atoms with E-state index in [1.165, 1.54) is 19.2 Å². The topological polar surface area (TPSA) is 106 Å². The molecule has 2 N–H and O–H groups in total.